The largest absolute Gasteiger partial charge is 0.411 e. The Morgan fingerprint density at radius 2 is 2.00 bits per heavy atom. The number of benzene rings is 2. The maximum absolute atomic E-state index is 13.1. The monoisotopic (exact) mass is 408 g/mol. The second-order valence-electron chi connectivity index (χ2n) is 5.14. The number of rotatable bonds is 6. The summed E-state index contributed by atoms with van der Waals surface area (Å²) in [6.45, 7) is 0. The van der Waals surface area contributed by atoms with Gasteiger partial charge in [-0.05, 0) is 30.3 Å². The Hall–Kier alpha value is -2.98. The number of nitrogens with one attached hydrogen (secondary N) is 1. The molecule has 0 atom stereocenters. The minimum Gasteiger partial charge on any atom is -0.411 e. The molecular weight excluding hydrogens is 399 g/mol. The number of carbonyl (C=O) groups excluding carboxylic acids is 1. The summed E-state index contributed by atoms with van der Waals surface area (Å²) in [5.41, 5.74) is 0.833. The van der Waals surface area contributed by atoms with E-state index in [0.717, 1.165) is 17.8 Å². The van der Waals surface area contributed by atoms with E-state index in [1.54, 1.807) is 0 Å². The van der Waals surface area contributed by atoms with Crippen LogP contribution in [0.3, 0.4) is 0 Å². The van der Waals surface area contributed by atoms with Crippen molar-refractivity contribution in [3.05, 3.63) is 63.4 Å². The molecule has 0 bridgehead atoms. The van der Waals surface area contributed by atoms with Gasteiger partial charge in [0, 0.05) is 23.4 Å². The fourth-order valence-corrected chi connectivity index (χ4v) is 2.75. The zero-order valence-corrected chi connectivity index (χ0v) is 15.0. The first kappa shape index (κ1) is 18.8. The van der Waals surface area contributed by atoms with Crippen molar-refractivity contribution < 1.29 is 18.5 Å². The predicted molar refractivity (Wildman–Crippen MR) is 97.2 cm³/mol. The number of aromatic nitrogens is 2. The van der Waals surface area contributed by atoms with Crippen molar-refractivity contribution in [2.75, 3.05) is 11.1 Å². The number of hydrogen-bond donors (Lipinski definition) is 1. The topological polar surface area (TPSA) is 111 Å². The molecule has 8 nitrogen and oxygen atoms in total. The highest BCUT2D eigenvalue weighted by Gasteiger charge is 2.13. The van der Waals surface area contributed by atoms with Crippen LogP contribution in [0, 0.1) is 15.9 Å². The first-order chi connectivity index (χ1) is 12.9. The van der Waals surface area contributed by atoms with Gasteiger partial charge in [-0.15, -0.1) is 10.2 Å². The van der Waals surface area contributed by atoms with Crippen LogP contribution in [-0.4, -0.2) is 26.8 Å². The molecule has 0 aliphatic carbocycles. The summed E-state index contributed by atoms with van der Waals surface area (Å²) in [6, 6.07) is 9.49. The molecule has 138 valence electrons. The van der Waals surface area contributed by atoms with Crippen LogP contribution in [0.25, 0.3) is 11.5 Å². The van der Waals surface area contributed by atoms with E-state index in [-0.39, 0.29) is 33.5 Å². The number of carbonyl (C=O) groups is 1. The lowest BCUT2D eigenvalue weighted by Crippen LogP contribution is -2.14. The number of anilines is 1. The van der Waals surface area contributed by atoms with Gasteiger partial charge in [0.25, 0.3) is 10.9 Å². The lowest BCUT2D eigenvalue weighted by molar-refractivity contribution is -0.384. The molecule has 2 aromatic carbocycles. The molecule has 0 aliphatic rings. The highest BCUT2D eigenvalue weighted by molar-refractivity contribution is 7.99. The van der Waals surface area contributed by atoms with Crippen LogP contribution in [0.2, 0.25) is 5.02 Å². The van der Waals surface area contributed by atoms with Gasteiger partial charge in [-0.1, -0.05) is 23.4 Å². The first-order valence-corrected chi connectivity index (χ1v) is 8.75. The SMILES string of the molecule is O=C(CSc1nnc(-c2ccc([N+](=O)[O-])cc2)o1)Nc1ccc(F)c(Cl)c1. The van der Waals surface area contributed by atoms with Gasteiger partial charge < -0.3 is 9.73 Å². The third-order valence-corrected chi connectivity index (χ3v) is 4.37. The first-order valence-electron chi connectivity index (χ1n) is 7.38. The van der Waals surface area contributed by atoms with Gasteiger partial charge in [-0.2, -0.15) is 0 Å². The van der Waals surface area contributed by atoms with Gasteiger partial charge in [0.05, 0.1) is 15.7 Å². The normalized spacial score (nSPS) is 10.6. The molecule has 3 rings (SSSR count). The predicted octanol–water partition coefficient (Wildman–Crippen LogP) is 4.17. The van der Waals surface area contributed by atoms with E-state index >= 15 is 0 Å². The standard InChI is InChI=1S/C16H10ClFN4O4S/c17-12-7-10(3-6-13(12)18)19-14(23)8-27-16-21-20-15(26-16)9-1-4-11(5-2-9)22(24)25/h1-7H,8H2,(H,19,23). The number of nitro benzene ring substituents is 1. The second-order valence-corrected chi connectivity index (χ2v) is 6.48. The Balaban J connectivity index is 1.58. The number of nitrogens with zero attached hydrogens (tertiary/aromatic N) is 3. The van der Waals surface area contributed by atoms with Gasteiger partial charge in [-0.3, -0.25) is 14.9 Å². The average Bonchev–Trinajstić information content (AvgIpc) is 3.12. The maximum atomic E-state index is 13.1. The van der Waals surface area contributed by atoms with Crippen LogP contribution in [0.5, 0.6) is 0 Å². The zero-order chi connectivity index (χ0) is 19.4. The van der Waals surface area contributed by atoms with Crippen molar-refractivity contribution in [2.45, 2.75) is 5.22 Å². The van der Waals surface area contributed by atoms with E-state index in [0.29, 0.717) is 11.3 Å². The van der Waals surface area contributed by atoms with Crippen LogP contribution >= 0.6 is 23.4 Å². The van der Waals surface area contributed by atoms with Gasteiger partial charge in [0.2, 0.25) is 11.8 Å². The Bertz CT molecular complexity index is 996. The van der Waals surface area contributed by atoms with E-state index in [4.69, 9.17) is 16.0 Å². The Labute approximate surface area is 160 Å². The van der Waals surface area contributed by atoms with Crippen LogP contribution in [0.15, 0.2) is 52.1 Å². The molecule has 3 aromatic rings. The van der Waals surface area contributed by atoms with Crippen molar-refractivity contribution in [2.24, 2.45) is 0 Å². The molecule has 0 unspecified atom stereocenters. The van der Waals surface area contributed by atoms with Gasteiger partial charge >= 0.3 is 0 Å². The lowest BCUT2D eigenvalue weighted by atomic mass is 10.2. The number of hydrogen-bond acceptors (Lipinski definition) is 7. The number of amides is 1. The zero-order valence-electron chi connectivity index (χ0n) is 13.4. The summed E-state index contributed by atoms with van der Waals surface area (Å²) in [5.74, 6) is -0.777. The van der Waals surface area contributed by atoms with Crippen LogP contribution < -0.4 is 5.32 Å². The number of halogens is 2. The van der Waals surface area contributed by atoms with Crippen LogP contribution in [-0.2, 0) is 4.79 Å². The smallest absolute Gasteiger partial charge is 0.277 e. The molecule has 11 heteroatoms. The average molecular weight is 409 g/mol. The summed E-state index contributed by atoms with van der Waals surface area (Å²) < 4.78 is 18.5. The molecule has 0 saturated heterocycles. The van der Waals surface area contributed by atoms with Crippen molar-refractivity contribution in [3.63, 3.8) is 0 Å². The van der Waals surface area contributed by atoms with E-state index in [2.05, 4.69) is 15.5 Å². The van der Waals surface area contributed by atoms with Crippen molar-refractivity contribution >= 4 is 40.6 Å². The summed E-state index contributed by atoms with van der Waals surface area (Å²) in [5, 5.41) is 21.0. The molecule has 0 aliphatic heterocycles. The Kier molecular flexibility index (Phi) is 5.67. The molecule has 0 fully saturated rings. The lowest BCUT2D eigenvalue weighted by Gasteiger charge is -2.04. The third-order valence-electron chi connectivity index (χ3n) is 3.26. The van der Waals surface area contributed by atoms with E-state index in [1.165, 1.54) is 36.4 Å². The molecule has 0 saturated carbocycles. The molecule has 0 spiro atoms. The minimum atomic E-state index is -0.575. The quantitative estimate of drug-likeness (QED) is 0.370. The van der Waals surface area contributed by atoms with Crippen molar-refractivity contribution in [1.29, 1.82) is 0 Å². The van der Waals surface area contributed by atoms with E-state index in [1.807, 2.05) is 0 Å². The minimum absolute atomic E-state index is 0.0170. The van der Waals surface area contributed by atoms with Crippen molar-refractivity contribution in [3.8, 4) is 11.5 Å². The highest BCUT2D eigenvalue weighted by Crippen LogP contribution is 2.25. The summed E-state index contributed by atoms with van der Waals surface area (Å²) in [6.07, 6.45) is 0. The summed E-state index contributed by atoms with van der Waals surface area (Å²) >= 11 is 6.67. The summed E-state index contributed by atoms with van der Waals surface area (Å²) in [7, 11) is 0. The highest BCUT2D eigenvalue weighted by atomic mass is 35.5. The van der Waals surface area contributed by atoms with Gasteiger partial charge in [0.15, 0.2) is 0 Å². The summed E-state index contributed by atoms with van der Waals surface area (Å²) in [4.78, 5) is 22.1. The Morgan fingerprint density at radius 3 is 2.67 bits per heavy atom. The van der Waals surface area contributed by atoms with Crippen LogP contribution in [0.1, 0.15) is 0 Å². The second kappa shape index (κ2) is 8.14. The molecule has 1 N–H and O–H groups in total. The van der Waals surface area contributed by atoms with Gasteiger partial charge in [-0.25, -0.2) is 4.39 Å². The number of nitro groups is 1. The molecule has 27 heavy (non-hydrogen) atoms. The van der Waals surface area contributed by atoms with E-state index in [9.17, 15) is 19.3 Å². The Morgan fingerprint density at radius 1 is 1.26 bits per heavy atom. The molecule has 0 radical (unpaired) electrons. The molecule has 1 aromatic heterocycles. The van der Waals surface area contributed by atoms with E-state index < -0.39 is 10.7 Å². The third kappa shape index (κ3) is 4.80. The molecule has 1 amide bonds. The van der Waals surface area contributed by atoms with Crippen LogP contribution in [0.4, 0.5) is 15.8 Å². The molecule has 1 heterocycles. The molecular formula is C16H10ClFN4O4S. The van der Waals surface area contributed by atoms with Crippen molar-refractivity contribution in [1.82, 2.24) is 10.2 Å². The number of non-ortho nitro benzene ring substituents is 1. The maximum Gasteiger partial charge on any atom is 0.277 e. The fourth-order valence-electron chi connectivity index (χ4n) is 2.01. The number of thioether (sulfide) groups is 1. The van der Waals surface area contributed by atoms with Gasteiger partial charge in [0.1, 0.15) is 5.82 Å². The fraction of sp³-hybridized carbons (Fsp3) is 0.0625.